The van der Waals surface area contributed by atoms with Gasteiger partial charge in [-0.1, -0.05) is 50.1 Å². The zero-order valence-corrected chi connectivity index (χ0v) is 12.0. The molecule has 1 aliphatic rings. The molecule has 2 atom stereocenters. The number of hydrogen-bond donors (Lipinski definition) is 1. The van der Waals surface area contributed by atoms with Crippen molar-refractivity contribution in [1.29, 1.82) is 0 Å². The van der Waals surface area contributed by atoms with Crippen molar-refractivity contribution in [2.75, 3.05) is 0 Å². The van der Waals surface area contributed by atoms with Crippen LogP contribution in [0.25, 0.3) is 0 Å². The third-order valence-electron chi connectivity index (χ3n) is 3.82. The van der Waals surface area contributed by atoms with Gasteiger partial charge in [0.05, 0.1) is 5.92 Å². The van der Waals surface area contributed by atoms with E-state index in [1.807, 2.05) is 25.1 Å². The van der Waals surface area contributed by atoms with Crippen molar-refractivity contribution in [2.45, 2.75) is 39.0 Å². The fraction of sp³-hybridized carbons (Fsp3) is 0.467. The molecule has 19 heavy (non-hydrogen) atoms. The SMILES string of the molecule is CCCC1(C)CC(=O)NC(=O)C1c1ccccc1Cl. The fourth-order valence-corrected chi connectivity index (χ4v) is 3.31. The summed E-state index contributed by atoms with van der Waals surface area (Å²) in [5, 5.41) is 3.01. The Morgan fingerprint density at radius 1 is 1.37 bits per heavy atom. The average Bonchev–Trinajstić information content (AvgIpc) is 2.30. The molecule has 0 radical (unpaired) electrons. The van der Waals surface area contributed by atoms with Crippen LogP contribution in [0.2, 0.25) is 5.02 Å². The number of rotatable bonds is 3. The molecule has 1 aromatic carbocycles. The predicted molar refractivity (Wildman–Crippen MR) is 75.0 cm³/mol. The lowest BCUT2D eigenvalue weighted by Crippen LogP contribution is -2.49. The largest absolute Gasteiger partial charge is 0.296 e. The molecule has 1 saturated heterocycles. The number of benzene rings is 1. The van der Waals surface area contributed by atoms with E-state index in [0.717, 1.165) is 18.4 Å². The van der Waals surface area contributed by atoms with Gasteiger partial charge in [-0.05, 0) is 23.5 Å². The minimum absolute atomic E-state index is 0.191. The molecule has 4 heteroatoms. The van der Waals surface area contributed by atoms with Crippen LogP contribution >= 0.6 is 11.6 Å². The highest BCUT2D eigenvalue weighted by atomic mass is 35.5. The van der Waals surface area contributed by atoms with E-state index in [0.29, 0.717) is 11.4 Å². The van der Waals surface area contributed by atoms with Gasteiger partial charge in [0.15, 0.2) is 0 Å². The molecule has 2 amide bonds. The predicted octanol–water partition coefficient (Wildman–Crippen LogP) is 3.28. The molecule has 1 N–H and O–H groups in total. The van der Waals surface area contributed by atoms with Gasteiger partial charge in [-0.2, -0.15) is 0 Å². The second-order valence-corrected chi connectivity index (χ2v) is 5.85. The Bertz CT molecular complexity index is 515. The molecule has 2 rings (SSSR count). The number of hydrogen-bond acceptors (Lipinski definition) is 2. The van der Waals surface area contributed by atoms with Crippen LogP contribution < -0.4 is 5.32 Å². The number of piperidine rings is 1. The molecule has 2 unspecified atom stereocenters. The van der Waals surface area contributed by atoms with Gasteiger partial charge in [0.1, 0.15) is 0 Å². The highest BCUT2D eigenvalue weighted by Crippen LogP contribution is 2.46. The van der Waals surface area contributed by atoms with E-state index < -0.39 is 0 Å². The Morgan fingerprint density at radius 3 is 2.68 bits per heavy atom. The molecule has 0 aliphatic carbocycles. The van der Waals surface area contributed by atoms with Gasteiger partial charge in [0, 0.05) is 11.4 Å². The number of carbonyl (C=O) groups is 2. The lowest BCUT2D eigenvalue weighted by Gasteiger charge is -2.40. The molecule has 1 heterocycles. The van der Waals surface area contributed by atoms with Gasteiger partial charge < -0.3 is 0 Å². The Kier molecular flexibility index (Phi) is 3.95. The van der Waals surface area contributed by atoms with Crippen LogP contribution in [0, 0.1) is 5.41 Å². The lowest BCUT2D eigenvalue weighted by molar-refractivity contribution is -0.139. The molecule has 1 fully saturated rings. The monoisotopic (exact) mass is 279 g/mol. The summed E-state index contributed by atoms with van der Waals surface area (Å²) >= 11 is 6.22. The topological polar surface area (TPSA) is 46.2 Å². The summed E-state index contributed by atoms with van der Waals surface area (Å²) in [7, 11) is 0. The van der Waals surface area contributed by atoms with Crippen molar-refractivity contribution in [3.8, 4) is 0 Å². The molecule has 0 spiro atoms. The minimum atomic E-state index is -0.362. The molecule has 0 saturated carbocycles. The van der Waals surface area contributed by atoms with E-state index in [2.05, 4.69) is 12.2 Å². The van der Waals surface area contributed by atoms with Gasteiger partial charge in [-0.3, -0.25) is 14.9 Å². The van der Waals surface area contributed by atoms with Gasteiger partial charge in [-0.15, -0.1) is 0 Å². The Labute approximate surface area is 118 Å². The van der Waals surface area contributed by atoms with Crippen molar-refractivity contribution in [3.63, 3.8) is 0 Å². The van der Waals surface area contributed by atoms with Gasteiger partial charge >= 0.3 is 0 Å². The normalized spacial score (nSPS) is 27.2. The van der Waals surface area contributed by atoms with Gasteiger partial charge in [0.2, 0.25) is 11.8 Å². The second kappa shape index (κ2) is 5.33. The Balaban J connectivity index is 2.47. The molecule has 102 valence electrons. The van der Waals surface area contributed by atoms with Crippen molar-refractivity contribution in [1.82, 2.24) is 5.32 Å². The Morgan fingerprint density at radius 2 is 2.05 bits per heavy atom. The molecule has 3 nitrogen and oxygen atoms in total. The van der Waals surface area contributed by atoms with Crippen molar-refractivity contribution in [3.05, 3.63) is 34.9 Å². The van der Waals surface area contributed by atoms with Crippen LogP contribution in [-0.4, -0.2) is 11.8 Å². The first-order valence-electron chi connectivity index (χ1n) is 6.56. The van der Waals surface area contributed by atoms with E-state index >= 15 is 0 Å². The number of imide groups is 1. The minimum Gasteiger partial charge on any atom is -0.296 e. The first-order valence-corrected chi connectivity index (χ1v) is 6.94. The summed E-state index contributed by atoms with van der Waals surface area (Å²) in [5.41, 5.74) is 0.448. The molecular weight excluding hydrogens is 262 g/mol. The highest BCUT2D eigenvalue weighted by molar-refractivity contribution is 6.31. The lowest BCUT2D eigenvalue weighted by atomic mass is 9.66. The maximum absolute atomic E-state index is 12.3. The van der Waals surface area contributed by atoms with Crippen LogP contribution in [-0.2, 0) is 9.59 Å². The maximum atomic E-state index is 12.3. The Hall–Kier alpha value is -1.35. The summed E-state index contributed by atoms with van der Waals surface area (Å²) in [4.78, 5) is 23.9. The van der Waals surface area contributed by atoms with Gasteiger partial charge in [-0.25, -0.2) is 0 Å². The van der Waals surface area contributed by atoms with Crippen LogP contribution in [0.4, 0.5) is 0 Å². The third kappa shape index (κ3) is 2.66. The molecule has 0 aromatic heterocycles. The summed E-state index contributed by atoms with van der Waals surface area (Å²) in [5.74, 6) is -0.789. The van der Waals surface area contributed by atoms with E-state index in [1.54, 1.807) is 6.07 Å². The van der Waals surface area contributed by atoms with Crippen LogP contribution in [0.3, 0.4) is 0 Å². The summed E-state index contributed by atoms with van der Waals surface area (Å²) in [6.07, 6.45) is 2.11. The summed E-state index contributed by atoms with van der Waals surface area (Å²) in [6.45, 7) is 4.06. The van der Waals surface area contributed by atoms with Crippen molar-refractivity contribution in [2.24, 2.45) is 5.41 Å². The number of amides is 2. The summed E-state index contributed by atoms with van der Waals surface area (Å²) in [6, 6.07) is 7.37. The average molecular weight is 280 g/mol. The maximum Gasteiger partial charge on any atom is 0.234 e. The number of carbonyl (C=O) groups excluding carboxylic acids is 2. The van der Waals surface area contributed by atoms with Crippen molar-refractivity contribution >= 4 is 23.4 Å². The second-order valence-electron chi connectivity index (χ2n) is 5.45. The highest BCUT2D eigenvalue weighted by Gasteiger charge is 2.45. The molecule has 1 aliphatic heterocycles. The first kappa shape index (κ1) is 14.1. The first-order chi connectivity index (χ1) is 8.98. The molecule has 0 bridgehead atoms. The van der Waals surface area contributed by atoms with Crippen LogP contribution in [0.5, 0.6) is 0 Å². The van der Waals surface area contributed by atoms with E-state index in [1.165, 1.54) is 0 Å². The van der Waals surface area contributed by atoms with E-state index in [9.17, 15) is 9.59 Å². The zero-order valence-electron chi connectivity index (χ0n) is 11.2. The quantitative estimate of drug-likeness (QED) is 0.863. The van der Waals surface area contributed by atoms with E-state index in [4.69, 9.17) is 11.6 Å². The van der Waals surface area contributed by atoms with E-state index in [-0.39, 0.29) is 23.1 Å². The van der Waals surface area contributed by atoms with Crippen LogP contribution in [0.15, 0.2) is 24.3 Å². The van der Waals surface area contributed by atoms with Crippen LogP contribution in [0.1, 0.15) is 44.6 Å². The van der Waals surface area contributed by atoms with Crippen molar-refractivity contribution < 1.29 is 9.59 Å². The zero-order chi connectivity index (χ0) is 14.0. The number of nitrogens with one attached hydrogen (secondary N) is 1. The smallest absolute Gasteiger partial charge is 0.234 e. The fourth-order valence-electron chi connectivity index (χ4n) is 3.07. The molecular formula is C15H18ClNO2. The standard InChI is InChI=1S/C15H18ClNO2/c1-3-8-15(2)9-12(18)17-14(19)13(15)10-6-4-5-7-11(10)16/h4-7,13H,3,8-9H2,1-2H3,(H,17,18,19). The van der Waals surface area contributed by atoms with Gasteiger partial charge in [0.25, 0.3) is 0 Å². The number of halogens is 1. The third-order valence-corrected chi connectivity index (χ3v) is 4.17. The summed E-state index contributed by atoms with van der Waals surface area (Å²) < 4.78 is 0. The molecule has 1 aromatic rings.